The van der Waals surface area contributed by atoms with Gasteiger partial charge in [-0.2, -0.15) is 0 Å². The highest BCUT2D eigenvalue weighted by Gasteiger charge is 2.12. The van der Waals surface area contributed by atoms with Crippen LogP contribution in [-0.4, -0.2) is 24.5 Å². The van der Waals surface area contributed by atoms with Crippen LogP contribution in [0.4, 0.5) is 0 Å². The zero-order chi connectivity index (χ0) is 13.2. The fraction of sp³-hybridized carbons (Fsp3) is 0.250. The Bertz CT molecular complexity index is 690. The number of halogens is 2. The van der Waals surface area contributed by atoms with Crippen molar-refractivity contribution in [3.63, 3.8) is 0 Å². The molecule has 98 valence electrons. The molecule has 0 aliphatic rings. The van der Waals surface area contributed by atoms with Gasteiger partial charge in [0.25, 0.3) is 0 Å². The summed E-state index contributed by atoms with van der Waals surface area (Å²) < 4.78 is 3.84. The SMILES string of the molecule is ClCc1nc2c(Cl)cccc2n1CCn1ccnn1. The predicted molar refractivity (Wildman–Crippen MR) is 74.3 cm³/mol. The summed E-state index contributed by atoms with van der Waals surface area (Å²) in [5.41, 5.74) is 1.78. The molecule has 0 atom stereocenters. The Morgan fingerprint density at radius 2 is 2.11 bits per heavy atom. The molecule has 0 saturated heterocycles. The first kappa shape index (κ1) is 12.4. The highest BCUT2D eigenvalue weighted by atomic mass is 35.5. The van der Waals surface area contributed by atoms with Gasteiger partial charge >= 0.3 is 0 Å². The molecule has 2 heterocycles. The van der Waals surface area contributed by atoms with Crippen LogP contribution in [0, 0.1) is 0 Å². The van der Waals surface area contributed by atoms with E-state index in [0.717, 1.165) is 23.4 Å². The second-order valence-corrected chi connectivity index (χ2v) is 4.76. The van der Waals surface area contributed by atoms with Crippen LogP contribution in [-0.2, 0) is 19.0 Å². The quantitative estimate of drug-likeness (QED) is 0.695. The van der Waals surface area contributed by atoms with E-state index in [1.54, 1.807) is 10.9 Å². The van der Waals surface area contributed by atoms with E-state index in [-0.39, 0.29) is 0 Å². The standard InChI is InChI=1S/C12H11Cl2N5/c13-8-11-16-12-9(14)2-1-3-10(12)19(11)7-6-18-5-4-15-17-18/h1-5H,6-8H2. The van der Waals surface area contributed by atoms with Crippen LogP contribution in [0.25, 0.3) is 11.0 Å². The molecule has 0 N–H and O–H groups in total. The van der Waals surface area contributed by atoms with E-state index in [1.165, 1.54) is 0 Å². The Morgan fingerprint density at radius 3 is 2.84 bits per heavy atom. The number of aromatic nitrogens is 5. The molecule has 7 heteroatoms. The fourth-order valence-corrected chi connectivity index (χ4v) is 2.48. The highest BCUT2D eigenvalue weighted by molar-refractivity contribution is 6.34. The monoisotopic (exact) mass is 295 g/mol. The van der Waals surface area contributed by atoms with Crippen LogP contribution in [0.15, 0.2) is 30.6 Å². The lowest BCUT2D eigenvalue weighted by Crippen LogP contribution is -2.10. The number of fused-ring (bicyclic) bond motifs is 1. The minimum Gasteiger partial charge on any atom is -0.325 e. The molecule has 0 fully saturated rings. The zero-order valence-electron chi connectivity index (χ0n) is 10.0. The number of aryl methyl sites for hydroxylation is 2. The van der Waals surface area contributed by atoms with Gasteiger partial charge < -0.3 is 4.57 Å². The van der Waals surface area contributed by atoms with Gasteiger partial charge in [-0.05, 0) is 12.1 Å². The first-order chi connectivity index (χ1) is 9.29. The maximum absolute atomic E-state index is 6.15. The summed E-state index contributed by atoms with van der Waals surface area (Å²) in [6, 6.07) is 5.73. The fourth-order valence-electron chi connectivity index (χ4n) is 2.07. The molecule has 3 rings (SSSR count). The van der Waals surface area contributed by atoms with Crippen molar-refractivity contribution in [3.05, 3.63) is 41.4 Å². The molecule has 3 aromatic rings. The van der Waals surface area contributed by atoms with Gasteiger partial charge in [-0.1, -0.05) is 22.9 Å². The molecule has 19 heavy (non-hydrogen) atoms. The molecule has 0 spiro atoms. The van der Waals surface area contributed by atoms with E-state index in [9.17, 15) is 0 Å². The summed E-state index contributed by atoms with van der Waals surface area (Å²) in [7, 11) is 0. The maximum Gasteiger partial charge on any atom is 0.124 e. The maximum atomic E-state index is 6.15. The van der Waals surface area contributed by atoms with Crippen LogP contribution in [0.5, 0.6) is 0 Å². The molecule has 5 nitrogen and oxygen atoms in total. The average molecular weight is 296 g/mol. The molecule has 0 saturated carbocycles. The van der Waals surface area contributed by atoms with Crippen molar-refractivity contribution in [1.29, 1.82) is 0 Å². The number of para-hydroxylation sites is 1. The van der Waals surface area contributed by atoms with E-state index < -0.39 is 0 Å². The normalized spacial score (nSPS) is 11.3. The number of hydrogen-bond acceptors (Lipinski definition) is 3. The van der Waals surface area contributed by atoms with E-state index >= 15 is 0 Å². The molecule has 0 unspecified atom stereocenters. The Morgan fingerprint density at radius 1 is 1.21 bits per heavy atom. The smallest absolute Gasteiger partial charge is 0.124 e. The van der Waals surface area contributed by atoms with Gasteiger partial charge in [0.05, 0.1) is 29.2 Å². The molecule has 0 bridgehead atoms. The van der Waals surface area contributed by atoms with Gasteiger partial charge in [-0.15, -0.1) is 16.7 Å². The average Bonchev–Trinajstić information content (AvgIpc) is 3.03. The van der Waals surface area contributed by atoms with Crippen molar-refractivity contribution in [2.45, 2.75) is 19.0 Å². The lowest BCUT2D eigenvalue weighted by Gasteiger charge is -2.07. The third kappa shape index (κ3) is 2.31. The third-order valence-corrected chi connectivity index (χ3v) is 3.50. The Labute approximate surface area is 119 Å². The molecular formula is C12H11Cl2N5. The highest BCUT2D eigenvalue weighted by Crippen LogP contribution is 2.24. The van der Waals surface area contributed by atoms with Gasteiger partial charge in [-0.25, -0.2) is 4.98 Å². The van der Waals surface area contributed by atoms with Gasteiger partial charge in [0.2, 0.25) is 0 Å². The summed E-state index contributed by atoms with van der Waals surface area (Å²) in [5.74, 6) is 1.16. The van der Waals surface area contributed by atoms with E-state index in [4.69, 9.17) is 23.2 Å². The van der Waals surface area contributed by atoms with Crippen molar-refractivity contribution in [2.75, 3.05) is 0 Å². The number of nitrogens with zero attached hydrogens (tertiary/aromatic N) is 5. The van der Waals surface area contributed by atoms with E-state index in [0.29, 0.717) is 17.4 Å². The first-order valence-electron chi connectivity index (χ1n) is 5.83. The summed E-state index contributed by atoms with van der Waals surface area (Å²) in [4.78, 5) is 4.48. The molecule has 0 radical (unpaired) electrons. The minimum atomic E-state index is 0.350. The predicted octanol–water partition coefficient (Wildman–Crippen LogP) is 2.72. The second-order valence-electron chi connectivity index (χ2n) is 4.09. The number of imidazole rings is 1. The van der Waals surface area contributed by atoms with Crippen LogP contribution < -0.4 is 0 Å². The van der Waals surface area contributed by atoms with E-state index in [2.05, 4.69) is 19.9 Å². The van der Waals surface area contributed by atoms with Crippen molar-refractivity contribution in [3.8, 4) is 0 Å². The summed E-state index contributed by atoms with van der Waals surface area (Å²) in [5, 5.41) is 8.37. The third-order valence-electron chi connectivity index (χ3n) is 2.95. The van der Waals surface area contributed by atoms with Crippen LogP contribution in [0.3, 0.4) is 0 Å². The van der Waals surface area contributed by atoms with E-state index in [1.807, 2.05) is 24.4 Å². The number of benzene rings is 1. The van der Waals surface area contributed by atoms with Crippen LogP contribution in [0.2, 0.25) is 5.02 Å². The lowest BCUT2D eigenvalue weighted by molar-refractivity contribution is 0.519. The van der Waals surface area contributed by atoms with Gasteiger partial charge in [0.15, 0.2) is 0 Å². The largest absolute Gasteiger partial charge is 0.325 e. The first-order valence-corrected chi connectivity index (χ1v) is 6.74. The number of hydrogen-bond donors (Lipinski definition) is 0. The van der Waals surface area contributed by atoms with Crippen LogP contribution >= 0.6 is 23.2 Å². The minimum absolute atomic E-state index is 0.350. The summed E-state index contributed by atoms with van der Waals surface area (Å²) in [6.07, 6.45) is 3.48. The molecule has 1 aromatic carbocycles. The molecule has 0 aliphatic heterocycles. The lowest BCUT2D eigenvalue weighted by atomic mass is 10.3. The molecule has 0 aliphatic carbocycles. The topological polar surface area (TPSA) is 48.5 Å². The van der Waals surface area contributed by atoms with Crippen molar-refractivity contribution in [1.82, 2.24) is 24.5 Å². The molecule has 2 aromatic heterocycles. The summed E-state index contributed by atoms with van der Waals surface area (Å²) in [6.45, 7) is 1.43. The Kier molecular flexibility index (Phi) is 3.40. The van der Waals surface area contributed by atoms with Crippen LogP contribution in [0.1, 0.15) is 5.82 Å². The zero-order valence-corrected chi connectivity index (χ0v) is 11.5. The van der Waals surface area contributed by atoms with Crippen molar-refractivity contribution < 1.29 is 0 Å². The Hall–Kier alpha value is -1.59. The van der Waals surface area contributed by atoms with Crippen molar-refractivity contribution in [2.24, 2.45) is 0 Å². The molecular weight excluding hydrogens is 285 g/mol. The van der Waals surface area contributed by atoms with Gasteiger partial charge in [0, 0.05) is 12.7 Å². The van der Waals surface area contributed by atoms with Crippen molar-refractivity contribution >= 4 is 34.2 Å². The second kappa shape index (κ2) is 5.19. The van der Waals surface area contributed by atoms with Gasteiger partial charge in [0.1, 0.15) is 11.3 Å². The number of alkyl halides is 1. The number of rotatable bonds is 4. The summed E-state index contributed by atoms with van der Waals surface area (Å²) >= 11 is 12.1. The molecule has 0 amide bonds. The van der Waals surface area contributed by atoms with Gasteiger partial charge in [-0.3, -0.25) is 4.68 Å². The Balaban J connectivity index is 1.99.